The summed E-state index contributed by atoms with van der Waals surface area (Å²) < 4.78 is 13.1. The molecule has 2 N–H and O–H groups in total. The molecule has 1 amide bonds. The first-order chi connectivity index (χ1) is 18.7. The van der Waals surface area contributed by atoms with E-state index in [0.29, 0.717) is 52.4 Å². The molecule has 206 valence electrons. The number of benzene rings is 3. The molecule has 0 saturated carbocycles. The van der Waals surface area contributed by atoms with Crippen molar-refractivity contribution < 1.29 is 19.4 Å². The van der Waals surface area contributed by atoms with Crippen molar-refractivity contribution in [3.05, 3.63) is 97.9 Å². The molecule has 6 nitrogen and oxygen atoms in total. The standard InChI is InChI=1S/C30H31BrCl2N2O4/c1-19(2)18-34-29(37)30(17-21-6-3-4-7-25(21)31)27(24-13-10-22(32)16-26(24)33)39-28(35-30)20-8-11-23(12-9-20)38-15-5-14-36/h3-4,6-13,16,19,27,36H,5,14-15,17-18H2,1-2H3,(H,34,37)/t27-,30-/m1/s1. The summed E-state index contributed by atoms with van der Waals surface area (Å²) in [6.45, 7) is 5.05. The zero-order chi connectivity index (χ0) is 28.0. The van der Waals surface area contributed by atoms with Crippen molar-refractivity contribution >= 4 is 50.9 Å². The lowest BCUT2D eigenvalue weighted by Gasteiger charge is -2.32. The molecular weight excluding hydrogens is 603 g/mol. The highest BCUT2D eigenvalue weighted by atomic mass is 79.9. The first kappa shape index (κ1) is 29.4. The van der Waals surface area contributed by atoms with Crippen molar-refractivity contribution in [1.82, 2.24) is 5.32 Å². The van der Waals surface area contributed by atoms with Crippen molar-refractivity contribution in [3.8, 4) is 5.75 Å². The summed E-state index contributed by atoms with van der Waals surface area (Å²) in [5, 5.41) is 13.0. The molecule has 0 aromatic heterocycles. The van der Waals surface area contributed by atoms with E-state index in [1.165, 1.54) is 0 Å². The quantitative estimate of drug-likeness (QED) is 0.228. The number of aliphatic hydroxyl groups excluding tert-OH is 1. The third-order valence-corrected chi connectivity index (χ3v) is 7.70. The highest BCUT2D eigenvalue weighted by molar-refractivity contribution is 9.10. The summed E-state index contributed by atoms with van der Waals surface area (Å²) in [5.41, 5.74) is 0.885. The number of aliphatic imine (C=N–C) groups is 1. The van der Waals surface area contributed by atoms with Crippen LogP contribution < -0.4 is 10.1 Å². The number of carbonyl (C=O) groups is 1. The number of amides is 1. The van der Waals surface area contributed by atoms with Gasteiger partial charge in [0.25, 0.3) is 5.91 Å². The maximum absolute atomic E-state index is 14.1. The Balaban J connectivity index is 1.81. The van der Waals surface area contributed by atoms with Gasteiger partial charge in [-0.25, -0.2) is 4.99 Å². The van der Waals surface area contributed by atoms with Gasteiger partial charge in [-0.3, -0.25) is 4.79 Å². The monoisotopic (exact) mass is 632 g/mol. The van der Waals surface area contributed by atoms with Gasteiger partial charge in [0.2, 0.25) is 5.90 Å². The van der Waals surface area contributed by atoms with Crippen LogP contribution >= 0.6 is 39.1 Å². The second kappa shape index (κ2) is 13.2. The van der Waals surface area contributed by atoms with Gasteiger partial charge >= 0.3 is 0 Å². The van der Waals surface area contributed by atoms with Crippen LogP contribution in [0.1, 0.15) is 43.1 Å². The topological polar surface area (TPSA) is 80.2 Å². The van der Waals surface area contributed by atoms with E-state index in [-0.39, 0.29) is 24.9 Å². The van der Waals surface area contributed by atoms with Crippen molar-refractivity contribution in [1.29, 1.82) is 0 Å². The molecule has 0 radical (unpaired) electrons. The van der Waals surface area contributed by atoms with Gasteiger partial charge in [-0.15, -0.1) is 0 Å². The Bertz CT molecular complexity index is 1330. The number of hydrogen-bond acceptors (Lipinski definition) is 5. The van der Waals surface area contributed by atoms with Gasteiger partial charge in [0, 0.05) is 51.6 Å². The van der Waals surface area contributed by atoms with E-state index >= 15 is 0 Å². The summed E-state index contributed by atoms with van der Waals surface area (Å²) in [6.07, 6.45) is 0.00913. The van der Waals surface area contributed by atoms with Gasteiger partial charge in [0.1, 0.15) is 5.75 Å². The van der Waals surface area contributed by atoms with Crippen LogP contribution in [0, 0.1) is 5.92 Å². The van der Waals surface area contributed by atoms with Crippen LogP contribution in [0.15, 0.2) is 76.2 Å². The van der Waals surface area contributed by atoms with Crippen molar-refractivity contribution in [2.45, 2.75) is 38.3 Å². The summed E-state index contributed by atoms with van der Waals surface area (Å²) >= 11 is 16.5. The number of ether oxygens (including phenoxy) is 2. The molecule has 0 saturated heterocycles. The molecule has 0 spiro atoms. The summed E-state index contributed by atoms with van der Waals surface area (Å²) in [4.78, 5) is 19.1. The number of nitrogens with one attached hydrogen (secondary N) is 1. The summed E-state index contributed by atoms with van der Waals surface area (Å²) in [5.74, 6) is 0.995. The molecule has 0 bridgehead atoms. The molecule has 4 rings (SSSR count). The normalized spacial score (nSPS) is 18.5. The van der Waals surface area contributed by atoms with Crippen LogP contribution in [0.4, 0.5) is 0 Å². The molecular formula is C30H31BrCl2N2O4. The predicted octanol–water partition coefficient (Wildman–Crippen LogP) is 6.79. The zero-order valence-electron chi connectivity index (χ0n) is 21.8. The molecule has 2 atom stereocenters. The minimum atomic E-state index is -1.35. The Morgan fingerprint density at radius 1 is 1.15 bits per heavy atom. The number of nitrogens with zero attached hydrogens (tertiary/aromatic N) is 1. The SMILES string of the molecule is CC(C)CNC(=O)[C@]1(Cc2ccccc2Br)N=C(c2ccc(OCCCO)cc2)O[C@@H]1c1ccc(Cl)cc1Cl. The van der Waals surface area contributed by atoms with Crippen LogP contribution in [0.5, 0.6) is 5.75 Å². The predicted molar refractivity (Wildman–Crippen MR) is 159 cm³/mol. The Hall–Kier alpha value is -2.58. The third-order valence-electron chi connectivity index (χ3n) is 6.36. The van der Waals surface area contributed by atoms with Crippen molar-refractivity contribution in [2.75, 3.05) is 19.8 Å². The number of rotatable bonds is 11. The molecule has 0 aliphatic carbocycles. The van der Waals surface area contributed by atoms with E-state index in [9.17, 15) is 4.79 Å². The molecule has 9 heteroatoms. The molecule has 1 aliphatic heterocycles. The van der Waals surface area contributed by atoms with E-state index < -0.39 is 11.6 Å². The Morgan fingerprint density at radius 3 is 2.56 bits per heavy atom. The average Bonchev–Trinajstić information content (AvgIpc) is 3.29. The molecule has 3 aromatic rings. The van der Waals surface area contributed by atoms with E-state index in [4.69, 9.17) is 42.8 Å². The van der Waals surface area contributed by atoms with Gasteiger partial charge < -0.3 is 19.9 Å². The van der Waals surface area contributed by atoms with Crippen LogP contribution in [0.2, 0.25) is 10.0 Å². The maximum Gasteiger partial charge on any atom is 0.252 e. The molecule has 1 aliphatic rings. The van der Waals surface area contributed by atoms with Crippen LogP contribution in [-0.4, -0.2) is 42.2 Å². The molecule has 3 aromatic carbocycles. The fraction of sp³-hybridized carbons (Fsp3) is 0.333. The summed E-state index contributed by atoms with van der Waals surface area (Å²) in [7, 11) is 0. The van der Waals surface area contributed by atoms with Gasteiger partial charge in [0.05, 0.1) is 6.61 Å². The lowest BCUT2D eigenvalue weighted by atomic mass is 9.82. The fourth-order valence-electron chi connectivity index (χ4n) is 4.36. The largest absolute Gasteiger partial charge is 0.494 e. The van der Waals surface area contributed by atoms with Crippen LogP contribution in [-0.2, 0) is 16.0 Å². The van der Waals surface area contributed by atoms with E-state index in [0.717, 1.165) is 10.0 Å². The third kappa shape index (κ3) is 6.95. The highest BCUT2D eigenvalue weighted by Gasteiger charge is 2.54. The zero-order valence-corrected chi connectivity index (χ0v) is 24.9. The highest BCUT2D eigenvalue weighted by Crippen LogP contribution is 2.45. The summed E-state index contributed by atoms with van der Waals surface area (Å²) in [6, 6.07) is 20.2. The van der Waals surface area contributed by atoms with Gasteiger partial charge in [-0.05, 0) is 53.9 Å². The van der Waals surface area contributed by atoms with Crippen LogP contribution in [0.25, 0.3) is 0 Å². The second-order valence-electron chi connectivity index (χ2n) is 9.83. The first-order valence-corrected chi connectivity index (χ1v) is 14.4. The van der Waals surface area contributed by atoms with Crippen molar-refractivity contribution in [3.63, 3.8) is 0 Å². The smallest absolute Gasteiger partial charge is 0.252 e. The van der Waals surface area contributed by atoms with Gasteiger partial charge in [0.15, 0.2) is 11.6 Å². The number of carbonyl (C=O) groups excluding carboxylic acids is 1. The number of halogens is 3. The second-order valence-corrected chi connectivity index (χ2v) is 11.5. The molecule has 0 unspecified atom stereocenters. The number of hydrogen-bond donors (Lipinski definition) is 2. The Labute approximate surface area is 247 Å². The lowest BCUT2D eigenvalue weighted by molar-refractivity contribution is -0.129. The van der Waals surface area contributed by atoms with Crippen molar-refractivity contribution in [2.24, 2.45) is 10.9 Å². The Morgan fingerprint density at radius 2 is 1.90 bits per heavy atom. The minimum Gasteiger partial charge on any atom is -0.494 e. The van der Waals surface area contributed by atoms with E-state index in [2.05, 4.69) is 21.2 Å². The van der Waals surface area contributed by atoms with E-state index in [1.807, 2.05) is 62.4 Å². The molecule has 1 heterocycles. The maximum atomic E-state index is 14.1. The molecule has 39 heavy (non-hydrogen) atoms. The van der Waals surface area contributed by atoms with Gasteiger partial charge in [-0.1, -0.05) is 77.2 Å². The van der Waals surface area contributed by atoms with E-state index in [1.54, 1.807) is 18.2 Å². The Kier molecular flexibility index (Phi) is 9.94. The molecule has 0 fully saturated rings. The average molecular weight is 634 g/mol. The lowest BCUT2D eigenvalue weighted by Crippen LogP contribution is -2.50. The fourth-order valence-corrected chi connectivity index (χ4v) is 5.29. The number of aliphatic hydroxyl groups is 1. The van der Waals surface area contributed by atoms with Gasteiger partial charge in [-0.2, -0.15) is 0 Å². The first-order valence-electron chi connectivity index (χ1n) is 12.8. The van der Waals surface area contributed by atoms with Crippen LogP contribution in [0.3, 0.4) is 0 Å². The minimum absolute atomic E-state index is 0.0653.